The van der Waals surface area contributed by atoms with Gasteiger partial charge in [-0.25, -0.2) is 0 Å². The first-order chi connectivity index (χ1) is 13.8. The number of rotatable bonds is 6. The Labute approximate surface area is 168 Å². The Hall–Kier alpha value is -2.70. The lowest BCUT2D eigenvalue weighted by molar-refractivity contribution is -0.137. The molecular weight excluding hydrogens is 381 g/mol. The molecule has 0 saturated carbocycles. The maximum Gasteiger partial charge on any atom is 0.416 e. The zero-order valence-electron chi connectivity index (χ0n) is 16.4. The standard InChI is InChI=1S/C22H25F3N2O2/c1-17-6-2-3-9-20(17)29-15-5-10-21(28)27-13-11-26(12-14-27)19-8-4-7-18(16-19)22(23,24)25/h2-4,6-9,16H,5,10-15H2,1H3. The van der Waals surface area contributed by atoms with Crippen molar-refractivity contribution in [3.05, 3.63) is 59.7 Å². The molecule has 1 heterocycles. The lowest BCUT2D eigenvalue weighted by atomic mass is 10.1. The predicted octanol–water partition coefficient (Wildman–Crippen LogP) is 4.52. The zero-order valence-corrected chi connectivity index (χ0v) is 16.4. The maximum atomic E-state index is 12.9. The van der Waals surface area contributed by atoms with E-state index in [0.29, 0.717) is 51.3 Å². The molecule has 3 rings (SSSR count). The Morgan fingerprint density at radius 3 is 2.45 bits per heavy atom. The van der Waals surface area contributed by atoms with Crippen LogP contribution in [-0.2, 0) is 11.0 Å². The molecule has 0 atom stereocenters. The van der Waals surface area contributed by atoms with Gasteiger partial charge in [-0.15, -0.1) is 0 Å². The molecule has 2 aromatic rings. The fraction of sp³-hybridized carbons (Fsp3) is 0.409. The van der Waals surface area contributed by atoms with E-state index in [0.717, 1.165) is 17.4 Å². The normalized spacial score (nSPS) is 14.8. The van der Waals surface area contributed by atoms with E-state index in [1.54, 1.807) is 11.0 Å². The van der Waals surface area contributed by atoms with Crippen LogP contribution in [0, 0.1) is 6.92 Å². The SMILES string of the molecule is Cc1ccccc1OCCCC(=O)N1CCN(c2cccc(C(F)(F)F)c2)CC1. The van der Waals surface area contributed by atoms with Crippen LogP contribution in [0.1, 0.15) is 24.0 Å². The molecule has 0 aromatic heterocycles. The summed E-state index contributed by atoms with van der Waals surface area (Å²) in [6, 6.07) is 13.1. The molecule has 0 unspecified atom stereocenters. The largest absolute Gasteiger partial charge is 0.493 e. The van der Waals surface area contributed by atoms with Crippen LogP contribution in [0.15, 0.2) is 48.5 Å². The van der Waals surface area contributed by atoms with Gasteiger partial charge in [0, 0.05) is 38.3 Å². The van der Waals surface area contributed by atoms with E-state index in [9.17, 15) is 18.0 Å². The van der Waals surface area contributed by atoms with E-state index < -0.39 is 11.7 Å². The summed E-state index contributed by atoms with van der Waals surface area (Å²) in [6.07, 6.45) is -3.33. The lowest BCUT2D eigenvalue weighted by Gasteiger charge is -2.36. The van der Waals surface area contributed by atoms with E-state index in [-0.39, 0.29) is 5.91 Å². The number of ether oxygens (including phenoxy) is 1. The first-order valence-corrected chi connectivity index (χ1v) is 9.73. The van der Waals surface area contributed by atoms with Gasteiger partial charge in [0.15, 0.2) is 0 Å². The first kappa shape index (κ1) is 21.0. The molecular formula is C22H25F3N2O2. The molecule has 0 spiro atoms. The molecule has 0 bridgehead atoms. The van der Waals surface area contributed by atoms with Gasteiger partial charge < -0.3 is 14.5 Å². The first-order valence-electron chi connectivity index (χ1n) is 9.73. The Balaban J connectivity index is 1.43. The van der Waals surface area contributed by atoms with Crippen molar-refractivity contribution in [2.45, 2.75) is 25.9 Å². The van der Waals surface area contributed by atoms with Crippen molar-refractivity contribution < 1.29 is 22.7 Å². The fourth-order valence-corrected chi connectivity index (χ4v) is 3.37. The summed E-state index contributed by atoms with van der Waals surface area (Å²) in [7, 11) is 0. The number of aryl methyl sites for hydroxylation is 1. The Morgan fingerprint density at radius 1 is 1.03 bits per heavy atom. The second kappa shape index (κ2) is 9.20. The van der Waals surface area contributed by atoms with Gasteiger partial charge in [0.25, 0.3) is 0 Å². The summed E-state index contributed by atoms with van der Waals surface area (Å²) >= 11 is 0. The number of para-hydroxylation sites is 1. The molecule has 0 aliphatic carbocycles. The number of carbonyl (C=O) groups is 1. The predicted molar refractivity (Wildman–Crippen MR) is 106 cm³/mol. The number of nitrogens with zero attached hydrogens (tertiary/aromatic N) is 2. The van der Waals surface area contributed by atoms with Crippen molar-refractivity contribution in [1.29, 1.82) is 0 Å². The molecule has 1 aliphatic rings. The second-order valence-corrected chi connectivity index (χ2v) is 7.13. The number of benzene rings is 2. The van der Waals surface area contributed by atoms with Crippen molar-refractivity contribution in [3.8, 4) is 5.75 Å². The molecule has 7 heteroatoms. The highest BCUT2D eigenvalue weighted by atomic mass is 19.4. The Bertz CT molecular complexity index is 831. The van der Waals surface area contributed by atoms with Gasteiger partial charge >= 0.3 is 6.18 Å². The molecule has 156 valence electrons. The summed E-state index contributed by atoms with van der Waals surface area (Å²) in [5, 5.41) is 0. The van der Waals surface area contributed by atoms with Crippen molar-refractivity contribution >= 4 is 11.6 Å². The average molecular weight is 406 g/mol. The highest BCUT2D eigenvalue weighted by molar-refractivity contribution is 5.76. The minimum atomic E-state index is -4.35. The van der Waals surface area contributed by atoms with E-state index in [1.807, 2.05) is 36.1 Å². The fourth-order valence-electron chi connectivity index (χ4n) is 3.37. The molecule has 29 heavy (non-hydrogen) atoms. The number of amides is 1. The molecule has 1 amide bonds. The molecule has 1 aliphatic heterocycles. The Kier molecular flexibility index (Phi) is 6.67. The van der Waals surface area contributed by atoms with Crippen molar-refractivity contribution in [2.75, 3.05) is 37.7 Å². The smallest absolute Gasteiger partial charge is 0.416 e. The molecule has 0 radical (unpaired) electrons. The lowest BCUT2D eigenvalue weighted by Crippen LogP contribution is -2.48. The number of alkyl halides is 3. The van der Waals surface area contributed by atoms with E-state index >= 15 is 0 Å². The van der Waals surface area contributed by atoms with Crippen molar-refractivity contribution in [2.24, 2.45) is 0 Å². The summed E-state index contributed by atoms with van der Waals surface area (Å²) in [4.78, 5) is 16.1. The minimum absolute atomic E-state index is 0.0575. The van der Waals surface area contributed by atoms with Crippen molar-refractivity contribution in [3.63, 3.8) is 0 Å². The van der Waals surface area contributed by atoms with Gasteiger partial charge in [-0.1, -0.05) is 24.3 Å². The van der Waals surface area contributed by atoms with E-state index in [1.165, 1.54) is 12.1 Å². The number of halogens is 3. The van der Waals surface area contributed by atoms with Crippen molar-refractivity contribution in [1.82, 2.24) is 4.90 Å². The van der Waals surface area contributed by atoms with Gasteiger partial charge in [-0.3, -0.25) is 4.79 Å². The highest BCUT2D eigenvalue weighted by Gasteiger charge is 2.31. The number of anilines is 1. The molecule has 1 saturated heterocycles. The third-order valence-electron chi connectivity index (χ3n) is 5.06. The van der Waals surface area contributed by atoms with Crippen LogP contribution in [0.3, 0.4) is 0 Å². The molecule has 1 fully saturated rings. The monoisotopic (exact) mass is 406 g/mol. The number of piperazine rings is 1. The second-order valence-electron chi connectivity index (χ2n) is 7.13. The van der Waals surface area contributed by atoms with Crippen LogP contribution in [0.2, 0.25) is 0 Å². The van der Waals surface area contributed by atoms with Crippen LogP contribution in [0.25, 0.3) is 0 Å². The topological polar surface area (TPSA) is 32.8 Å². The van der Waals surface area contributed by atoms with Gasteiger partial charge in [-0.05, 0) is 43.2 Å². The third kappa shape index (κ3) is 5.65. The molecule has 4 nitrogen and oxygen atoms in total. The summed E-state index contributed by atoms with van der Waals surface area (Å²) in [5.41, 5.74) is 0.949. The summed E-state index contributed by atoms with van der Waals surface area (Å²) < 4.78 is 44.4. The van der Waals surface area contributed by atoms with Crippen LogP contribution >= 0.6 is 0 Å². The Morgan fingerprint density at radius 2 is 1.76 bits per heavy atom. The van der Waals surface area contributed by atoms with Gasteiger partial charge in [-0.2, -0.15) is 13.2 Å². The summed E-state index contributed by atoms with van der Waals surface area (Å²) in [6.45, 7) is 4.51. The summed E-state index contributed by atoms with van der Waals surface area (Å²) in [5.74, 6) is 0.886. The maximum absolute atomic E-state index is 12.9. The van der Waals surface area contributed by atoms with Crippen LogP contribution in [0.4, 0.5) is 18.9 Å². The van der Waals surface area contributed by atoms with Crippen LogP contribution in [0.5, 0.6) is 5.75 Å². The molecule has 0 N–H and O–H groups in total. The van der Waals surface area contributed by atoms with Gasteiger partial charge in [0.2, 0.25) is 5.91 Å². The highest BCUT2D eigenvalue weighted by Crippen LogP contribution is 2.31. The van der Waals surface area contributed by atoms with Crippen LogP contribution in [-0.4, -0.2) is 43.6 Å². The van der Waals surface area contributed by atoms with E-state index in [2.05, 4.69) is 0 Å². The number of carbonyl (C=O) groups excluding carboxylic acids is 1. The molecule has 2 aromatic carbocycles. The number of hydrogen-bond donors (Lipinski definition) is 0. The number of hydrogen-bond acceptors (Lipinski definition) is 3. The average Bonchev–Trinajstić information content (AvgIpc) is 2.72. The van der Waals surface area contributed by atoms with Gasteiger partial charge in [0.1, 0.15) is 5.75 Å². The minimum Gasteiger partial charge on any atom is -0.493 e. The van der Waals surface area contributed by atoms with Gasteiger partial charge in [0.05, 0.1) is 12.2 Å². The zero-order chi connectivity index (χ0) is 20.9. The van der Waals surface area contributed by atoms with E-state index in [4.69, 9.17) is 4.74 Å². The quantitative estimate of drug-likeness (QED) is 0.662. The third-order valence-corrected chi connectivity index (χ3v) is 5.06. The van der Waals surface area contributed by atoms with Crippen LogP contribution < -0.4 is 9.64 Å².